The van der Waals surface area contributed by atoms with Crippen LogP contribution in [0.3, 0.4) is 0 Å². The van der Waals surface area contributed by atoms with Crippen molar-refractivity contribution in [2.45, 2.75) is 19.9 Å². The van der Waals surface area contributed by atoms with E-state index < -0.39 is 12.0 Å². The van der Waals surface area contributed by atoms with Crippen LogP contribution in [-0.2, 0) is 9.53 Å². The van der Waals surface area contributed by atoms with Gasteiger partial charge in [-0.3, -0.25) is 9.36 Å². The summed E-state index contributed by atoms with van der Waals surface area (Å²) in [5.41, 5.74) is 3.32. The van der Waals surface area contributed by atoms with Gasteiger partial charge in [0.2, 0.25) is 0 Å². The minimum Gasteiger partial charge on any atom is -0.496 e. The van der Waals surface area contributed by atoms with Gasteiger partial charge >= 0.3 is 5.97 Å². The van der Waals surface area contributed by atoms with Gasteiger partial charge in [-0.25, -0.2) is 9.79 Å². The molecule has 1 unspecified atom stereocenters. The number of methoxy groups -OCH3 is 1. The molecule has 1 aromatic heterocycles. The molecule has 2 aromatic carbocycles. The largest absolute Gasteiger partial charge is 0.496 e. The topological polar surface area (TPSA) is 73.1 Å². The van der Waals surface area contributed by atoms with Crippen LogP contribution in [0.25, 0.3) is 6.08 Å². The second-order valence-corrected chi connectivity index (χ2v) is 9.04. The minimum atomic E-state index is -0.704. The molecule has 34 heavy (non-hydrogen) atoms. The number of ether oxygens (including phenoxy) is 2. The van der Waals surface area contributed by atoms with Gasteiger partial charge in [0.15, 0.2) is 4.80 Å². The molecule has 0 saturated carbocycles. The van der Waals surface area contributed by atoms with Crippen molar-refractivity contribution >= 4 is 29.1 Å². The number of para-hydroxylation sites is 1. The quantitative estimate of drug-likeness (QED) is 0.511. The van der Waals surface area contributed by atoms with Crippen molar-refractivity contribution in [3.8, 4) is 5.75 Å². The van der Waals surface area contributed by atoms with E-state index in [1.165, 1.54) is 11.3 Å². The summed E-state index contributed by atoms with van der Waals surface area (Å²) in [4.78, 5) is 33.8. The van der Waals surface area contributed by atoms with E-state index in [4.69, 9.17) is 9.47 Å². The molecular weight excluding hydrogens is 450 g/mol. The Kier molecular flexibility index (Phi) is 6.70. The van der Waals surface area contributed by atoms with E-state index in [0.717, 1.165) is 11.3 Å². The SMILES string of the molecule is CCOC(=O)C1=C(C)N=c2sc(=Cc3ccc(N(C)C)cc3)c(=O)n2C1c1ccccc1OC. The smallest absolute Gasteiger partial charge is 0.338 e. The van der Waals surface area contributed by atoms with Gasteiger partial charge in [0, 0.05) is 25.3 Å². The lowest BCUT2D eigenvalue weighted by atomic mass is 9.95. The Morgan fingerprint density at radius 2 is 1.88 bits per heavy atom. The fraction of sp³-hybridized carbons (Fsp3) is 0.269. The number of carbonyl (C=O) groups excluding carboxylic acids is 1. The summed E-state index contributed by atoms with van der Waals surface area (Å²) in [6.07, 6.45) is 1.85. The highest BCUT2D eigenvalue weighted by atomic mass is 32.1. The number of nitrogens with zero attached hydrogens (tertiary/aromatic N) is 3. The Hall–Kier alpha value is -3.65. The van der Waals surface area contributed by atoms with E-state index >= 15 is 0 Å². The van der Waals surface area contributed by atoms with Gasteiger partial charge in [0.25, 0.3) is 5.56 Å². The molecule has 4 rings (SSSR count). The van der Waals surface area contributed by atoms with Crippen LogP contribution in [0.4, 0.5) is 5.69 Å². The van der Waals surface area contributed by atoms with E-state index in [0.29, 0.717) is 31.9 Å². The summed E-state index contributed by atoms with van der Waals surface area (Å²) in [6, 6.07) is 14.6. The normalized spacial score (nSPS) is 15.6. The molecule has 0 spiro atoms. The van der Waals surface area contributed by atoms with Crippen LogP contribution in [0.1, 0.15) is 31.0 Å². The zero-order valence-corrected chi connectivity index (χ0v) is 20.7. The Bertz CT molecular complexity index is 1430. The Morgan fingerprint density at radius 3 is 2.53 bits per heavy atom. The summed E-state index contributed by atoms with van der Waals surface area (Å²) in [7, 11) is 5.53. The number of esters is 1. The van der Waals surface area contributed by atoms with Gasteiger partial charge in [0.05, 0.1) is 29.5 Å². The van der Waals surface area contributed by atoms with E-state index in [1.807, 2.05) is 73.6 Å². The predicted molar refractivity (Wildman–Crippen MR) is 134 cm³/mol. The molecule has 0 fully saturated rings. The number of thiazole rings is 1. The lowest BCUT2D eigenvalue weighted by molar-refractivity contribution is -0.139. The van der Waals surface area contributed by atoms with Crippen LogP contribution in [0.15, 0.2) is 69.6 Å². The first-order valence-electron chi connectivity index (χ1n) is 11.0. The second kappa shape index (κ2) is 9.69. The maximum Gasteiger partial charge on any atom is 0.338 e. The van der Waals surface area contributed by atoms with E-state index in [2.05, 4.69) is 4.99 Å². The molecule has 8 heteroatoms. The number of anilines is 1. The molecule has 0 radical (unpaired) electrons. The molecule has 1 aliphatic rings. The molecule has 3 aromatic rings. The number of carbonyl (C=O) groups is 1. The average molecular weight is 478 g/mol. The molecule has 0 N–H and O–H groups in total. The standard InChI is InChI=1S/C26H27N3O4S/c1-6-33-25(31)22-16(2)27-26-29(23(22)19-9-7-8-10-20(19)32-5)24(30)21(34-26)15-17-11-13-18(14-12-17)28(3)4/h7-15,23H,6H2,1-5H3. The van der Waals surface area contributed by atoms with E-state index in [1.54, 1.807) is 25.5 Å². The zero-order chi connectivity index (χ0) is 24.4. The third-order valence-electron chi connectivity index (χ3n) is 5.66. The molecule has 0 aliphatic carbocycles. The highest BCUT2D eigenvalue weighted by Gasteiger charge is 2.34. The molecular formula is C26H27N3O4S. The number of rotatable bonds is 6. The first kappa shape index (κ1) is 23.5. The third-order valence-corrected chi connectivity index (χ3v) is 6.64. The molecule has 0 saturated heterocycles. The number of hydrogen-bond acceptors (Lipinski definition) is 7. The number of allylic oxidation sites excluding steroid dienone is 1. The molecule has 0 bridgehead atoms. The summed E-state index contributed by atoms with van der Waals surface area (Å²) in [5.74, 6) is 0.0889. The van der Waals surface area contributed by atoms with Crippen molar-refractivity contribution in [2.75, 3.05) is 32.7 Å². The van der Waals surface area contributed by atoms with Crippen LogP contribution in [0.2, 0.25) is 0 Å². The van der Waals surface area contributed by atoms with Crippen LogP contribution in [0, 0.1) is 0 Å². The van der Waals surface area contributed by atoms with Gasteiger partial charge < -0.3 is 14.4 Å². The maximum atomic E-state index is 13.7. The van der Waals surface area contributed by atoms with Crippen LogP contribution in [-0.4, -0.2) is 38.3 Å². The molecule has 1 aliphatic heterocycles. The van der Waals surface area contributed by atoms with Crippen LogP contribution >= 0.6 is 11.3 Å². The first-order chi connectivity index (χ1) is 16.3. The monoisotopic (exact) mass is 477 g/mol. The number of aromatic nitrogens is 1. The van der Waals surface area contributed by atoms with E-state index in [-0.39, 0.29) is 12.2 Å². The Labute approximate surface area is 201 Å². The molecule has 176 valence electrons. The van der Waals surface area contributed by atoms with Crippen LogP contribution < -0.4 is 24.5 Å². The predicted octanol–water partition coefficient (Wildman–Crippen LogP) is 2.87. The molecule has 0 amide bonds. The maximum absolute atomic E-state index is 13.7. The van der Waals surface area contributed by atoms with E-state index in [9.17, 15) is 9.59 Å². The Morgan fingerprint density at radius 1 is 1.18 bits per heavy atom. The van der Waals surface area contributed by atoms with Gasteiger partial charge in [-0.15, -0.1) is 0 Å². The number of benzene rings is 2. The van der Waals surface area contributed by atoms with Crippen molar-refractivity contribution in [2.24, 2.45) is 4.99 Å². The van der Waals surface area contributed by atoms with Gasteiger partial charge in [-0.05, 0) is 43.7 Å². The summed E-state index contributed by atoms with van der Waals surface area (Å²) in [5, 5.41) is 0. The van der Waals surface area contributed by atoms with Gasteiger partial charge in [-0.2, -0.15) is 0 Å². The second-order valence-electron chi connectivity index (χ2n) is 8.03. The summed E-state index contributed by atoms with van der Waals surface area (Å²) in [6.45, 7) is 3.75. The number of fused-ring (bicyclic) bond motifs is 1. The Balaban J connectivity index is 1.93. The number of hydrogen-bond donors (Lipinski definition) is 0. The van der Waals surface area contributed by atoms with Crippen LogP contribution in [0.5, 0.6) is 5.75 Å². The highest BCUT2D eigenvalue weighted by Crippen LogP contribution is 2.35. The van der Waals surface area contributed by atoms with Gasteiger partial charge in [0.1, 0.15) is 11.8 Å². The third kappa shape index (κ3) is 4.28. The van der Waals surface area contributed by atoms with Crippen molar-refractivity contribution in [1.82, 2.24) is 4.57 Å². The highest BCUT2D eigenvalue weighted by molar-refractivity contribution is 7.07. The van der Waals surface area contributed by atoms with Crippen molar-refractivity contribution in [3.05, 3.63) is 90.6 Å². The van der Waals surface area contributed by atoms with Gasteiger partial charge in [-0.1, -0.05) is 41.7 Å². The lowest BCUT2D eigenvalue weighted by Crippen LogP contribution is -2.40. The van der Waals surface area contributed by atoms with Crippen molar-refractivity contribution in [1.29, 1.82) is 0 Å². The molecule has 7 nitrogen and oxygen atoms in total. The summed E-state index contributed by atoms with van der Waals surface area (Å²) < 4.78 is 13.0. The van der Waals surface area contributed by atoms with Crippen molar-refractivity contribution < 1.29 is 14.3 Å². The molecule has 2 heterocycles. The average Bonchev–Trinajstić information content (AvgIpc) is 3.13. The molecule has 1 atom stereocenters. The fourth-order valence-electron chi connectivity index (χ4n) is 4.00. The first-order valence-corrected chi connectivity index (χ1v) is 11.8. The summed E-state index contributed by atoms with van der Waals surface area (Å²) >= 11 is 1.30. The van der Waals surface area contributed by atoms with Crippen molar-refractivity contribution in [3.63, 3.8) is 0 Å². The zero-order valence-electron chi connectivity index (χ0n) is 19.9. The lowest BCUT2D eigenvalue weighted by Gasteiger charge is -2.25. The minimum absolute atomic E-state index is 0.217. The fourth-order valence-corrected chi connectivity index (χ4v) is 5.04.